The van der Waals surface area contributed by atoms with Gasteiger partial charge in [-0.15, -0.1) is 0 Å². The highest BCUT2D eigenvalue weighted by atomic mass is 35.5. The minimum atomic E-state index is 0.503. The summed E-state index contributed by atoms with van der Waals surface area (Å²) in [5.41, 5.74) is 2.57. The van der Waals surface area contributed by atoms with Gasteiger partial charge in [-0.05, 0) is 37.4 Å². The zero-order valence-electron chi connectivity index (χ0n) is 14.2. The molecular formula is C18H17ClN6O. The van der Waals surface area contributed by atoms with Gasteiger partial charge in [0.2, 0.25) is 11.7 Å². The Hall–Kier alpha value is -2.77. The number of halogens is 1. The summed E-state index contributed by atoms with van der Waals surface area (Å²) in [5, 5.41) is 4.69. The molecule has 132 valence electrons. The van der Waals surface area contributed by atoms with Gasteiger partial charge in [0.15, 0.2) is 0 Å². The number of aromatic amines is 1. The number of benzene rings is 1. The van der Waals surface area contributed by atoms with Gasteiger partial charge < -0.3 is 9.51 Å². The summed E-state index contributed by atoms with van der Waals surface area (Å²) in [7, 11) is 2.00. The molecule has 0 saturated heterocycles. The first-order valence-corrected chi connectivity index (χ1v) is 8.62. The number of likely N-dealkylation sites (N-methyl/N-ethyl adjacent to an activating group) is 1. The molecule has 0 saturated carbocycles. The van der Waals surface area contributed by atoms with E-state index >= 15 is 0 Å². The van der Waals surface area contributed by atoms with Crippen molar-refractivity contribution in [2.45, 2.75) is 13.0 Å². The van der Waals surface area contributed by atoms with E-state index in [1.165, 1.54) is 0 Å². The number of pyridine rings is 1. The van der Waals surface area contributed by atoms with E-state index in [9.17, 15) is 0 Å². The minimum absolute atomic E-state index is 0.503. The average Bonchev–Trinajstić information content (AvgIpc) is 3.27. The summed E-state index contributed by atoms with van der Waals surface area (Å²) >= 11 is 6.01. The summed E-state index contributed by atoms with van der Waals surface area (Å²) < 4.78 is 5.32. The Labute approximate surface area is 155 Å². The molecule has 0 unspecified atom stereocenters. The summed E-state index contributed by atoms with van der Waals surface area (Å²) in [6, 6.07) is 11.2. The molecule has 0 radical (unpaired) electrons. The maximum Gasteiger partial charge on any atom is 0.241 e. The van der Waals surface area contributed by atoms with Gasteiger partial charge >= 0.3 is 0 Å². The summed E-state index contributed by atoms with van der Waals surface area (Å²) in [4.78, 5) is 18.6. The fourth-order valence-electron chi connectivity index (χ4n) is 2.68. The molecule has 1 aromatic carbocycles. The number of nitrogens with one attached hydrogen (secondary N) is 1. The smallest absolute Gasteiger partial charge is 0.241 e. The Balaban J connectivity index is 1.36. The summed E-state index contributed by atoms with van der Waals surface area (Å²) in [5.74, 6) is 1.99. The molecule has 0 bridgehead atoms. The zero-order chi connectivity index (χ0) is 17.9. The molecule has 0 aliphatic heterocycles. The number of hydrogen-bond acceptors (Lipinski definition) is 6. The molecule has 1 N–H and O–H groups in total. The highest BCUT2D eigenvalue weighted by Crippen LogP contribution is 2.17. The van der Waals surface area contributed by atoms with Gasteiger partial charge in [0, 0.05) is 24.2 Å². The predicted octanol–water partition coefficient (Wildman–Crippen LogP) is 3.34. The van der Waals surface area contributed by atoms with Crippen LogP contribution in [0.15, 0.2) is 47.1 Å². The standard InChI is InChI=1S/C18H17ClN6O/c1-25(9-7-16-21-13-6-5-12(19)10-15(13)22-16)11-17-23-18(24-26-17)14-4-2-3-8-20-14/h2-6,8,10H,7,9,11H2,1H3,(H,21,22). The van der Waals surface area contributed by atoms with Gasteiger partial charge in [-0.25, -0.2) is 4.98 Å². The molecule has 0 aliphatic rings. The first-order valence-electron chi connectivity index (χ1n) is 8.24. The van der Waals surface area contributed by atoms with Crippen molar-refractivity contribution < 1.29 is 4.52 Å². The lowest BCUT2D eigenvalue weighted by Gasteiger charge is -2.12. The highest BCUT2D eigenvalue weighted by Gasteiger charge is 2.12. The van der Waals surface area contributed by atoms with Crippen LogP contribution in [-0.4, -0.2) is 43.6 Å². The number of H-pyrrole nitrogens is 1. The van der Waals surface area contributed by atoms with Crippen molar-refractivity contribution in [3.8, 4) is 11.5 Å². The molecule has 3 aromatic heterocycles. The van der Waals surface area contributed by atoms with Crippen LogP contribution in [0.1, 0.15) is 11.7 Å². The quantitative estimate of drug-likeness (QED) is 0.562. The van der Waals surface area contributed by atoms with Gasteiger partial charge in [0.1, 0.15) is 11.5 Å². The molecule has 4 aromatic rings. The number of rotatable bonds is 6. The second kappa shape index (κ2) is 7.23. The summed E-state index contributed by atoms with van der Waals surface area (Å²) in [6.07, 6.45) is 2.49. The van der Waals surface area contributed by atoms with Crippen molar-refractivity contribution in [2.75, 3.05) is 13.6 Å². The third-order valence-electron chi connectivity index (χ3n) is 3.99. The number of hydrogen-bond donors (Lipinski definition) is 1. The van der Waals surface area contributed by atoms with Crippen molar-refractivity contribution in [3.63, 3.8) is 0 Å². The highest BCUT2D eigenvalue weighted by molar-refractivity contribution is 6.31. The lowest BCUT2D eigenvalue weighted by molar-refractivity contribution is 0.268. The van der Waals surface area contributed by atoms with Gasteiger partial charge in [-0.2, -0.15) is 4.98 Å². The van der Waals surface area contributed by atoms with Crippen molar-refractivity contribution >= 4 is 22.6 Å². The van der Waals surface area contributed by atoms with Crippen LogP contribution in [0.3, 0.4) is 0 Å². The van der Waals surface area contributed by atoms with Crippen molar-refractivity contribution in [3.05, 3.63) is 59.3 Å². The molecule has 0 spiro atoms. The first kappa shape index (κ1) is 16.7. The third-order valence-corrected chi connectivity index (χ3v) is 4.23. The Kier molecular flexibility index (Phi) is 4.64. The zero-order valence-corrected chi connectivity index (χ0v) is 14.9. The van der Waals surface area contributed by atoms with E-state index in [0.717, 1.165) is 29.8 Å². The van der Waals surface area contributed by atoms with Crippen LogP contribution in [0.4, 0.5) is 0 Å². The molecule has 7 nitrogen and oxygen atoms in total. The van der Waals surface area contributed by atoms with E-state index in [2.05, 4.69) is 30.0 Å². The monoisotopic (exact) mass is 368 g/mol. The lowest BCUT2D eigenvalue weighted by atomic mass is 10.3. The second-order valence-electron chi connectivity index (χ2n) is 6.06. The largest absolute Gasteiger partial charge is 0.342 e. The SMILES string of the molecule is CN(CCc1nc2ccc(Cl)cc2[nH]1)Cc1nc(-c2ccccn2)no1. The number of imidazole rings is 1. The Morgan fingerprint density at radius 1 is 1.19 bits per heavy atom. The fraction of sp³-hybridized carbons (Fsp3) is 0.222. The Morgan fingerprint density at radius 3 is 2.96 bits per heavy atom. The van der Waals surface area contributed by atoms with Gasteiger partial charge in [0.25, 0.3) is 0 Å². The van der Waals surface area contributed by atoms with Crippen LogP contribution in [-0.2, 0) is 13.0 Å². The van der Waals surface area contributed by atoms with E-state index in [1.807, 2.05) is 43.4 Å². The maximum absolute atomic E-state index is 6.01. The molecule has 3 heterocycles. The van der Waals surface area contributed by atoms with Crippen LogP contribution in [0.2, 0.25) is 5.02 Å². The molecular weight excluding hydrogens is 352 g/mol. The van der Waals surface area contributed by atoms with Crippen molar-refractivity contribution in [2.24, 2.45) is 0 Å². The third kappa shape index (κ3) is 3.74. The summed E-state index contributed by atoms with van der Waals surface area (Å²) in [6.45, 7) is 1.36. The van der Waals surface area contributed by atoms with E-state index < -0.39 is 0 Å². The Morgan fingerprint density at radius 2 is 2.12 bits per heavy atom. The number of fused-ring (bicyclic) bond motifs is 1. The maximum atomic E-state index is 6.01. The molecule has 0 fully saturated rings. The van der Waals surface area contributed by atoms with E-state index in [-0.39, 0.29) is 0 Å². The van der Waals surface area contributed by atoms with E-state index in [0.29, 0.717) is 29.0 Å². The van der Waals surface area contributed by atoms with Gasteiger partial charge in [-0.1, -0.05) is 22.8 Å². The van der Waals surface area contributed by atoms with Crippen LogP contribution in [0.5, 0.6) is 0 Å². The van der Waals surface area contributed by atoms with E-state index in [4.69, 9.17) is 16.1 Å². The fourth-order valence-corrected chi connectivity index (χ4v) is 2.85. The average molecular weight is 369 g/mol. The van der Waals surface area contributed by atoms with Crippen LogP contribution in [0, 0.1) is 0 Å². The van der Waals surface area contributed by atoms with Crippen LogP contribution in [0.25, 0.3) is 22.6 Å². The predicted molar refractivity (Wildman–Crippen MR) is 98.7 cm³/mol. The minimum Gasteiger partial charge on any atom is -0.342 e. The van der Waals surface area contributed by atoms with Gasteiger partial charge in [0.05, 0.1) is 17.6 Å². The lowest BCUT2D eigenvalue weighted by Crippen LogP contribution is -2.21. The molecule has 4 rings (SSSR count). The van der Waals surface area contributed by atoms with Gasteiger partial charge in [-0.3, -0.25) is 9.88 Å². The van der Waals surface area contributed by atoms with Crippen molar-refractivity contribution in [1.82, 2.24) is 30.0 Å². The molecule has 26 heavy (non-hydrogen) atoms. The number of aromatic nitrogens is 5. The Bertz CT molecular complexity index is 1010. The van der Waals surface area contributed by atoms with Crippen molar-refractivity contribution in [1.29, 1.82) is 0 Å². The molecule has 0 aliphatic carbocycles. The van der Waals surface area contributed by atoms with Crippen LogP contribution < -0.4 is 0 Å². The first-order chi connectivity index (χ1) is 12.7. The molecule has 0 amide bonds. The molecule has 8 heteroatoms. The van der Waals surface area contributed by atoms with Crippen LogP contribution >= 0.6 is 11.6 Å². The normalized spacial score (nSPS) is 11.5. The second-order valence-corrected chi connectivity index (χ2v) is 6.50. The topological polar surface area (TPSA) is 83.7 Å². The molecule has 0 atom stereocenters. The van der Waals surface area contributed by atoms with E-state index in [1.54, 1.807) is 6.20 Å². The number of nitrogens with zero attached hydrogens (tertiary/aromatic N) is 5.